The smallest absolute Gasteiger partial charge is 0.207 e. The molecule has 1 rings (SSSR count). The summed E-state index contributed by atoms with van der Waals surface area (Å²) in [5.41, 5.74) is -0.440. The molecule has 90 valence electrons. The summed E-state index contributed by atoms with van der Waals surface area (Å²) in [6.45, 7) is 0. The predicted molar refractivity (Wildman–Crippen MR) is 56.8 cm³/mol. The number of hydrogen-bond acceptors (Lipinski definition) is 2. The highest BCUT2D eigenvalue weighted by atomic mass is 35.5. The van der Waals surface area contributed by atoms with Gasteiger partial charge in [0.25, 0.3) is 0 Å². The third kappa shape index (κ3) is 2.18. The first-order chi connectivity index (χ1) is 7.32. The van der Waals surface area contributed by atoms with Crippen LogP contribution >= 0.6 is 11.6 Å². The van der Waals surface area contributed by atoms with Gasteiger partial charge in [-0.2, -0.15) is 0 Å². The van der Waals surface area contributed by atoms with Crippen molar-refractivity contribution >= 4 is 21.6 Å². The van der Waals surface area contributed by atoms with Gasteiger partial charge in [-0.05, 0) is 12.1 Å². The number of benzene rings is 1. The van der Waals surface area contributed by atoms with Gasteiger partial charge in [-0.3, -0.25) is 0 Å². The molecule has 0 heterocycles. The zero-order valence-corrected chi connectivity index (χ0v) is 10.2. The average molecular weight is 270 g/mol. The van der Waals surface area contributed by atoms with Crippen LogP contribution in [0.3, 0.4) is 0 Å². The van der Waals surface area contributed by atoms with Crippen LogP contribution in [0.2, 0.25) is 0 Å². The van der Waals surface area contributed by atoms with Crippen LogP contribution in [0.4, 0.5) is 8.78 Å². The third-order valence-electron chi connectivity index (χ3n) is 2.04. The molecule has 0 saturated carbocycles. The van der Waals surface area contributed by atoms with Crippen LogP contribution < -0.4 is 0 Å². The van der Waals surface area contributed by atoms with Crippen LogP contribution in [0.5, 0.6) is 0 Å². The lowest BCUT2D eigenvalue weighted by atomic mass is 10.2. The first kappa shape index (κ1) is 13.3. The predicted octanol–water partition coefficient (Wildman–Crippen LogP) is 1.95. The van der Waals surface area contributed by atoms with Gasteiger partial charge in [-0.1, -0.05) is 0 Å². The second kappa shape index (κ2) is 4.65. The number of rotatable bonds is 3. The van der Waals surface area contributed by atoms with Crippen molar-refractivity contribution in [2.24, 2.45) is 0 Å². The molecule has 0 aliphatic rings. The highest BCUT2D eigenvalue weighted by Crippen LogP contribution is 2.23. The van der Waals surface area contributed by atoms with E-state index in [0.717, 1.165) is 16.4 Å². The lowest BCUT2D eigenvalue weighted by molar-refractivity contribution is 0.500. The fourth-order valence-electron chi connectivity index (χ4n) is 1.09. The largest absolute Gasteiger partial charge is 0.245 e. The van der Waals surface area contributed by atoms with Crippen LogP contribution in [0.25, 0.3) is 0 Å². The van der Waals surface area contributed by atoms with Crippen molar-refractivity contribution in [3.8, 4) is 0 Å². The topological polar surface area (TPSA) is 37.4 Å². The van der Waals surface area contributed by atoms with Gasteiger partial charge in [0, 0.05) is 19.7 Å². The Hall–Kier alpha value is -0.720. The summed E-state index contributed by atoms with van der Waals surface area (Å²) in [5, 5.41) is 0. The molecule has 0 bridgehead atoms. The van der Waals surface area contributed by atoms with Crippen molar-refractivity contribution < 1.29 is 17.2 Å². The third-order valence-corrected chi connectivity index (χ3v) is 4.14. The van der Waals surface area contributed by atoms with Gasteiger partial charge in [0.15, 0.2) is 5.82 Å². The van der Waals surface area contributed by atoms with Gasteiger partial charge in [-0.15, -0.1) is 11.6 Å². The Labute approximate surface area is 97.7 Å². The molecular formula is C9H10ClF2NO2S. The molecule has 16 heavy (non-hydrogen) atoms. The summed E-state index contributed by atoms with van der Waals surface area (Å²) in [5.74, 6) is -2.41. The average Bonchev–Trinajstić information content (AvgIpc) is 2.17. The molecule has 0 amide bonds. The molecule has 0 radical (unpaired) electrons. The lowest BCUT2D eigenvalue weighted by Gasteiger charge is -2.13. The van der Waals surface area contributed by atoms with Crippen LogP contribution in [0.15, 0.2) is 17.0 Å². The van der Waals surface area contributed by atoms with Crippen LogP contribution in [-0.4, -0.2) is 26.8 Å². The first-order valence-electron chi connectivity index (χ1n) is 4.27. The standard InChI is InChI=1S/C9H10ClF2NO2S/c1-13(2)16(14,15)8-4-3-7(11)6(5-10)9(8)12/h3-4H,5H2,1-2H3. The molecule has 0 aliphatic carbocycles. The molecule has 0 N–H and O–H groups in total. The van der Waals surface area contributed by atoms with Gasteiger partial charge >= 0.3 is 0 Å². The van der Waals surface area contributed by atoms with E-state index in [1.807, 2.05) is 0 Å². The van der Waals surface area contributed by atoms with E-state index in [1.165, 1.54) is 14.1 Å². The molecule has 0 aromatic heterocycles. The van der Waals surface area contributed by atoms with Crippen molar-refractivity contribution in [3.05, 3.63) is 29.3 Å². The summed E-state index contributed by atoms with van der Waals surface area (Å²) in [6, 6.07) is 1.77. The van der Waals surface area contributed by atoms with Gasteiger partial charge in [0.1, 0.15) is 10.7 Å². The molecule has 0 spiro atoms. The second-order valence-corrected chi connectivity index (χ2v) is 5.65. The minimum absolute atomic E-state index is 0.422. The number of sulfonamides is 1. The highest BCUT2D eigenvalue weighted by Gasteiger charge is 2.24. The van der Waals surface area contributed by atoms with Crippen LogP contribution in [0.1, 0.15) is 5.56 Å². The maximum atomic E-state index is 13.7. The van der Waals surface area contributed by atoms with E-state index >= 15 is 0 Å². The Balaban J connectivity index is 3.50. The Kier molecular flexibility index (Phi) is 3.88. The SMILES string of the molecule is CN(C)S(=O)(=O)c1ccc(F)c(CCl)c1F. The molecule has 1 aromatic rings. The Morgan fingerprint density at radius 3 is 2.31 bits per heavy atom. The molecule has 3 nitrogen and oxygen atoms in total. The van der Waals surface area contributed by atoms with Crippen molar-refractivity contribution in [1.82, 2.24) is 4.31 Å². The lowest BCUT2D eigenvalue weighted by Crippen LogP contribution is -2.23. The molecule has 0 saturated heterocycles. The van der Waals surface area contributed by atoms with Gasteiger partial charge < -0.3 is 0 Å². The number of halogens is 3. The monoisotopic (exact) mass is 269 g/mol. The Bertz CT molecular complexity index is 502. The summed E-state index contributed by atoms with van der Waals surface area (Å²) >= 11 is 5.35. The molecule has 7 heteroatoms. The molecule has 1 aromatic carbocycles. The number of hydrogen-bond donors (Lipinski definition) is 0. The first-order valence-corrected chi connectivity index (χ1v) is 6.25. The summed E-state index contributed by atoms with van der Waals surface area (Å²) in [6.07, 6.45) is 0. The summed E-state index contributed by atoms with van der Waals surface area (Å²) < 4.78 is 50.9. The minimum atomic E-state index is -3.92. The van der Waals surface area contributed by atoms with Gasteiger partial charge in [-0.25, -0.2) is 21.5 Å². The van der Waals surface area contributed by atoms with Gasteiger partial charge in [0.2, 0.25) is 10.0 Å². The van der Waals surface area contributed by atoms with E-state index < -0.39 is 38.0 Å². The maximum Gasteiger partial charge on any atom is 0.245 e. The number of nitrogens with zero attached hydrogens (tertiary/aromatic N) is 1. The van der Waals surface area contributed by atoms with Gasteiger partial charge in [0.05, 0.1) is 5.88 Å². The highest BCUT2D eigenvalue weighted by molar-refractivity contribution is 7.89. The fraction of sp³-hybridized carbons (Fsp3) is 0.333. The van der Waals surface area contributed by atoms with E-state index in [1.54, 1.807) is 0 Å². The quantitative estimate of drug-likeness (QED) is 0.787. The summed E-state index contributed by atoms with van der Waals surface area (Å²) in [4.78, 5) is -0.574. The Morgan fingerprint density at radius 1 is 1.31 bits per heavy atom. The normalized spacial score (nSPS) is 12.1. The molecule has 0 unspecified atom stereocenters. The van der Waals surface area contributed by atoms with Crippen molar-refractivity contribution in [1.29, 1.82) is 0 Å². The van der Waals surface area contributed by atoms with Crippen LogP contribution in [-0.2, 0) is 15.9 Å². The second-order valence-electron chi connectivity index (χ2n) is 3.26. The van der Waals surface area contributed by atoms with E-state index in [9.17, 15) is 17.2 Å². The fourth-order valence-corrected chi connectivity index (χ4v) is 2.32. The van der Waals surface area contributed by atoms with E-state index in [-0.39, 0.29) is 0 Å². The molecule has 0 fully saturated rings. The zero-order chi connectivity index (χ0) is 12.5. The van der Waals surface area contributed by atoms with Crippen molar-refractivity contribution in [2.45, 2.75) is 10.8 Å². The zero-order valence-electron chi connectivity index (χ0n) is 8.67. The minimum Gasteiger partial charge on any atom is -0.207 e. The molecular weight excluding hydrogens is 260 g/mol. The van der Waals surface area contributed by atoms with Crippen molar-refractivity contribution in [2.75, 3.05) is 14.1 Å². The maximum absolute atomic E-state index is 13.7. The number of alkyl halides is 1. The summed E-state index contributed by atoms with van der Waals surface area (Å²) in [7, 11) is -1.40. The molecule has 0 atom stereocenters. The van der Waals surface area contributed by atoms with E-state index in [0.29, 0.717) is 0 Å². The van der Waals surface area contributed by atoms with Crippen molar-refractivity contribution in [3.63, 3.8) is 0 Å². The van der Waals surface area contributed by atoms with E-state index in [2.05, 4.69) is 0 Å². The van der Waals surface area contributed by atoms with E-state index in [4.69, 9.17) is 11.6 Å². The van der Waals surface area contributed by atoms with Crippen LogP contribution in [0, 0.1) is 11.6 Å². The Morgan fingerprint density at radius 2 is 1.88 bits per heavy atom. The molecule has 0 aliphatic heterocycles.